The number of hydrogen-bond donors (Lipinski definition) is 2. The molecule has 0 saturated carbocycles. The van der Waals surface area contributed by atoms with E-state index in [0.29, 0.717) is 5.56 Å². The van der Waals surface area contributed by atoms with Crippen molar-refractivity contribution in [3.63, 3.8) is 0 Å². The zero-order chi connectivity index (χ0) is 10.8. The van der Waals surface area contributed by atoms with Crippen molar-refractivity contribution >= 4 is 16.7 Å². The first kappa shape index (κ1) is 9.45. The maximum Gasteiger partial charge on any atom is 0.170 e. The fraction of sp³-hybridized carbons (Fsp3) is 0.0909. The fourth-order valence-electron chi connectivity index (χ4n) is 1.44. The molecule has 2 aromatic rings. The van der Waals surface area contributed by atoms with E-state index in [1.807, 2.05) is 31.2 Å². The van der Waals surface area contributed by atoms with Crippen molar-refractivity contribution in [2.45, 2.75) is 6.92 Å². The lowest BCUT2D eigenvalue weighted by Gasteiger charge is -2.02. The molecule has 0 bridgehead atoms. The van der Waals surface area contributed by atoms with Crippen LogP contribution in [-0.2, 0) is 0 Å². The lowest BCUT2D eigenvalue weighted by Crippen LogP contribution is -2.12. The average Bonchev–Trinajstić information content (AvgIpc) is 2.27. The molecule has 1 heterocycles. The number of benzene rings is 1. The summed E-state index contributed by atoms with van der Waals surface area (Å²) in [5.74, 6) is 0.109. The molecular formula is C11H11N3O. The molecule has 1 aromatic carbocycles. The van der Waals surface area contributed by atoms with Crippen LogP contribution in [0, 0.1) is 6.92 Å². The lowest BCUT2D eigenvalue weighted by molar-refractivity contribution is 0.318. The fourth-order valence-corrected chi connectivity index (χ4v) is 1.44. The summed E-state index contributed by atoms with van der Waals surface area (Å²) >= 11 is 0. The van der Waals surface area contributed by atoms with Gasteiger partial charge in [-0.15, -0.1) is 0 Å². The summed E-state index contributed by atoms with van der Waals surface area (Å²) in [5, 5.41) is 12.5. The van der Waals surface area contributed by atoms with Gasteiger partial charge in [0, 0.05) is 16.6 Å². The highest BCUT2D eigenvalue weighted by molar-refractivity contribution is 6.00. The summed E-state index contributed by atoms with van der Waals surface area (Å²) < 4.78 is 0. The molecule has 0 aliphatic rings. The zero-order valence-electron chi connectivity index (χ0n) is 8.31. The van der Waals surface area contributed by atoms with E-state index in [2.05, 4.69) is 10.1 Å². The van der Waals surface area contributed by atoms with E-state index >= 15 is 0 Å². The Kier molecular flexibility index (Phi) is 2.25. The molecule has 0 aliphatic heterocycles. The van der Waals surface area contributed by atoms with Gasteiger partial charge in [-0.2, -0.15) is 0 Å². The molecule has 0 atom stereocenters. The zero-order valence-corrected chi connectivity index (χ0v) is 8.31. The first-order chi connectivity index (χ1) is 7.20. The Bertz CT molecular complexity index is 534. The van der Waals surface area contributed by atoms with Crippen LogP contribution < -0.4 is 5.73 Å². The first-order valence-corrected chi connectivity index (χ1v) is 4.56. The molecule has 15 heavy (non-hydrogen) atoms. The van der Waals surface area contributed by atoms with Gasteiger partial charge < -0.3 is 10.9 Å². The molecular weight excluding hydrogens is 190 g/mol. The normalized spacial score (nSPS) is 11.9. The third-order valence-corrected chi connectivity index (χ3v) is 2.23. The predicted octanol–water partition coefficient (Wildman–Crippen LogP) is 1.64. The second kappa shape index (κ2) is 3.57. The molecule has 4 nitrogen and oxygen atoms in total. The minimum Gasteiger partial charge on any atom is -0.409 e. The van der Waals surface area contributed by atoms with Crippen molar-refractivity contribution in [2.24, 2.45) is 10.9 Å². The molecule has 76 valence electrons. The molecule has 1 aromatic heterocycles. The molecule has 0 spiro atoms. The van der Waals surface area contributed by atoms with E-state index in [1.165, 1.54) is 0 Å². The van der Waals surface area contributed by atoms with Gasteiger partial charge in [0.1, 0.15) is 0 Å². The number of pyridine rings is 1. The standard InChI is InChI=1S/C11H11N3O/c1-7-2-3-8-6-9(11(12)14-15)4-5-10(8)13-7/h2-6,15H,1H3,(H2,12,14). The van der Waals surface area contributed by atoms with Gasteiger partial charge in [-0.1, -0.05) is 11.2 Å². The van der Waals surface area contributed by atoms with Gasteiger partial charge in [0.15, 0.2) is 5.84 Å². The van der Waals surface area contributed by atoms with Crippen LogP contribution in [0.25, 0.3) is 10.9 Å². The van der Waals surface area contributed by atoms with E-state index in [-0.39, 0.29) is 5.84 Å². The molecule has 0 unspecified atom stereocenters. The van der Waals surface area contributed by atoms with E-state index < -0.39 is 0 Å². The molecule has 0 radical (unpaired) electrons. The summed E-state index contributed by atoms with van der Waals surface area (Å²) in [4.78, 5) is 4.36. The topological polar surface area (TPSA) is 71.5 Å². The summed E-state index contributed by atoms with van der Waals surface area (Å²) in [6, 6.07) is 9.38. The number of nitrogens with zero attached hydrogens (tertiary/aromatic N) is 2. The van der Waals surface area contributed by atoms with Crippen molar-refractivity contribution in [1.82, 2.24) is 4.98 Å². The van der Waals surface area contributed by atoms with Gasteiger partial charge in [-0.3, -0.25) is 4.98 Å². The monoisotopic (exact) mass is 201 g/mol. The van der Waals surface area contributed by atoms with Crippen LogP contribution in [0.5, 0.6) is 0 Å². The van der Waals surface area contributed by atoms with Crippen LogP contribution in [0.15, 0.2) is 35.5 Å². The van der Waals surface area contributed by atoms with Crippen LogP contribution in [0.1, 0.15) is 11.3 Å². The Morgan fingerprint density at radius 1 is 1.33 bits per heavy atom. The molecule has 3 N–H and O–H groups in total. The summed E-state index contributed by atoms with van der Waals surface area (Å²) in [6.07, 6.45) is 0. The molecule has 0 aliphatic carbocycles. The largest absolute Gasteiger partial charge is 0.409 e. The van der Waals surface area contributed by atoms with Gasteiger partial charge >= 0.3 is 0 Å². The van der Waals surface area contributed by atoms with E-state index in [1.54, 1.807) is 6.07 Å². The smallest absolute Gasteiger partial charge is 0.170 e. The van der Waals surface area contributed by atoms with Gasteiger partial charge in [-0.05, 0) is 31.2 Å². The van der Waals surface area contributed by atoms with Crippen LogP contribution in [-0.4, -0.2) is 16.0 Å². The highest BCUT2D eigenvalue weighted by Gasteiger charge is 2.01. The van der Waals surface area contributed by atoms with Crippen molar-refractivity contribution in [1.29, 1.82) is 0 Å². The third-order valence-electron chi connectivity index (χ3n) is 2.23. The third kappa shape index (κ3) is 1.74. The van der Waals surface area contributed by atoms with Crippen molar-refractivity contribution in [3.05, 3.63) is 41.6 Å². The summed E-state index contributed by atoms with van der Waals surface area (Å²) in [5.41, 5.74) is 8.06. The Hall–Kier alpha value is -2.10. The number of rotatable bonds is 1. The van der Waals surface area contributed by atoms with Gasteiger partial charge in [0.25, 0.3) is 0 Å². The quantitative estimate of drug-likeness (QED) is 0.319. The van der Waals surface area contributed by atoms with Gasteiger partial charge in [0.05, 0.1) is 5.52 Å². The number of nitrogens with two attached hydrogens (primary N) is 1. The minimum atomic E-state index is 0.109. The van der Waals surface area contributed by atoms with Crippen LogP contribution in [0.4, 0.5) is 0 Å². The number of hydrogen-bond acceptors (Lipinski definition) is 3. The number of aryl methyl sites for hydroxylation is 1. The van der Waals surface area contributed by atoms with E-state index in [9.17, 15) is 0 Å². The van der Waals surface area contributed by atoms with Gasteiger partial charge in [0.2, 0.25) is 0 Å². The number of aromatic nitrogens is 1. The van der Waals surface area contributed by atoms with E-state index in [0.717, 1.165) is 16.6 Å². The second-order valence-electron chi connectivity index (χ2n) is 3.35. The molecule has 0 amide bonds. The van der Waals surface area contributed by atoms with Crippen molar-refractivity contribution in [2.75, 3.05) is 0 Å². The first-order valence-electron chi connectivity index (χ1n) is 4.56. The minimum absolute atomic E-state index is 0.109. The molecule has 4 heteroatoms. The second-order valence-corrected chi connectivity index (χ2v) is 3.35. The van der Waals surface area contributed by atoms with Gasteiger partial charge in [-0.25, -0.2) is 0 Å². The lowest BCUT2D eigenvalue weighted by atomic mass is 10.1. The summed E-state index contributed by atoms with van der Waals surface area (Å²) in [7, 11) is 0. The van der Waals surface area contributed by atoms with Crippen LogP contribution >= 0.6 is 0 Å². The van der Waals surface area contributed by atoms with Crippen molar-refractivity contribution < 1.29 is 5.21 Å². The Morgan fingerprint density at radius 3 is 2.87 bits per heavy atom. The number of amidine groups is 1. The Labute approximate surface area is 87.0 Å². The van der Waals surface area contributed by atoms with Crippen LogP contribution in [0.2, 0.25) is 0 Å². The number of oxime groups is 1. The SMILES string of the molecule is Cc1ccc2cc(/C(N)=N/O)ccc2n1. The Morgan fingerprint density at radius 2 is 2.13 bits per heavy atom. The predicted molar refractivity (Wildman–Crippen MR) is 59.0 cm³/mol. The van der Waals surface area contributed by atoms with Crippen molar-refractivity contribution in [3.8, 4) is 0 Å². The maximum absolute atomic E-state index is 8.55. The highest BCUT2D eigenvalue weighted by atomic mass is 16.4. The molecule has 0 saturated heterocycles. The molecule has 2 rings (SSSR count). The molecule has 0 fully saturated rings. The average molecular weight is 201 g/mol. The highest BCUT2D eigenvalue weighted by Crippen LogP contribution is 2.14. The Balaban J connectivity index is 2.62. The number of fused-ring (bicyclic) bond motifs is 1. The summed E-state index contributed by atoms with van der Waals surface area (Å²) in [6.45, 7) is 1.94. The van der Waals surface area contributed by atoms with E-state index in [4.69, 9.17) is 10.9 Å². The van der Waals surface area contributed by atoms with Crippen LogP contribution in [0.3, 0.4) is 0 Å². The maximum atomic E-state index is 8.55.